The molecule has 8 nitrogen and oxygen atoms in total. The largest absolute Gasteiger partial charge is 0.544 e. The molecule has 352 valence electrons. The first-order valence-electron chi connectivity index (χ1n) is 24.3. The number of carbonyl (C=O) groups excluding carboxylic acids is 3. The first-order valence-corrected chi connectivity index (χ1v) is 24.3. The van der Waals surface area contributed by atoms with Gasteiger partial charge in [-0.3, -0.25) is 9.59 Å². The van der Waals surface area contributed by atoms with Crippen LogP contribution in [0, 0.1) is 0 Å². The molecule has 2 unspecified atom stereocenters. The first-order chi connectivity index (χ1) is 30.1. The van der Waals surface area contributed by atoms with Crippen molar-refractivity contribution in [3.05, 3.63) is 97.2 Å². The molecule has 0 radical (unpaired) electrons. The SMILES string of the molecule is CC/C=C/C/C=C/C/C=C/C/C=C/C/C=C/CCCCCC(=O)OCC(COCCC(C(=O)[O-])[N+](C)(C)C)OC(=O)CCCCCCCCCCC/C=C/C/C=C/C/C=C/CC. The number of carboxylic acid groups (broad SMARTS) is 1. The molecule has 0 saturated carbocycles. The molecule has 8 heteroatoms. The predicted octanol–water partition coefficient (Wildman–Crippen LogP) is 12.5. The lowest BCUT2D eigenvalue weighted by Crippen LogP contribution is -2.55. The lowest BCUT2D eigenvalue weighted by Gasteiger charge is -2.34. The number of carboxylic acids is 1. The zero-order valence-corrected chi connectivity index (χ0v) is 40.0. The van der Waals surface area contributed by atoms with Crippen LogP contribution in [0.1, 0.15) is 174 Å². The van der Waals surface area contributed by atoms with Crippen molar-refractivity contribution in [1.82, 2.24) is 0 Å². The van der Waals surface area contributed by atoms with Crippen molar-refractivity contribution in [2.45, 2.75) is 187 Å². The minimum Gasteiger partial charge on any atom is -0.544 e. The number of hydrogen-bond acceptors (Lipinski definition) is 7. The molecule has 0 saturated heterocycles. The van der Waals surface area contributed by atoms with Crippen molar-refractivity contribution >= 4 is 17.9 Å². The van der Waals surface area contributed by atoms with E-state index in [0.717, 1.165) is 103 Å². The molecule has 0 aromatic carbocycles. The van der Waals surface area contributed by atoms with Crippen molar-refractivity contribution in [3.63, 3.8) is 0 Å². The topological polar surface area (TPSA) is 102 Å². The monoisotopic (exact) mass is 864 g/mol. The van der Waals surface area contributed by atoms with Crippen LogP contribution in [0.2, 0.25) is 0 Å². The van der Waals surface area contributed by atoms with Gasteiger partial charge in [-0.15, -0.1) is 0 Å². The lowest BCUT2D eigenvalue weighted by atomic mass is 10.1. The maximum Gasteiger partial charge on any atom is 0.306 e. The summed E-state index contributed by atoms with van der Waals surface area (Å²) >= 11 is 0. The van der Waals surface area contributed by atoms with Crippen molar-refractivity contribution in [1.29, 1.82) is 0 Å². The Hall–Kier alpha value is -3.75. The van der Waals surface area contributed by atoms with Gasteiger partial charge in [-0.25, -0.2) is 0 Å². The quantitative estimate of drug-likeness (QED) is 0.0261. The molecule has 0 fully saturated rings. The fourth-order valence-corrected chi connectivity index (χ4v) is 6.52. The number of carbonyl (C=O) groups is 3. The molecule has 0 aliphatic carbocycles. The third kappa shape index (κ3) is 41.6. The van der Waals surface area contributed by atoms with Gasteiger partial charge in [0.15, 0.2) is 6.10 Å². The van der Waals surface area contributed by atoms with E-state index in [0.29, 0.717) is 12.8 Å². The number of esters is 2. The predicted molar refractivity (Wildman–Crippen MR) is 258 cm³/mol. The summed E-state index contributed by atoms with van der Waals surface area (Å²) in [5, 5.41) is 11.7. The van der Waals surface area contributed by atoms with E-state index in [1.54, 1.807) is 21.1 Å². The summed E-state index contributed by atoms with van der Waals surface area (Å²) in [7, 11) is 5.39. The lowest BCUT2D eigenvalue weighted by molar-refractivity contribution is -0.889. The minimum absolute atomic E-state index is 0.0218. The Morgan fingerprint density at radius 1 is 0.484 bits per heavy atom. The van der Waals surface area contributed by atoms with Crippen LogP contribution in [-0.4, -0.2) is 75.5 Å². The number of hydrogen-bond donors (Lipinski definition) is 0. The third-order valence-corrected chi connectivity index (χ3v) is 10.2. The van der Waals surface area contributed by atoms with E-state index >= 15 is 0 Å². The Bertz CT molecular complexity index is 1330. The van der Waals surface area contributed by atoms with E-state index in [9.17, 15) is 19.5 Å². The average Bonchev–Trinajstić information content (AvgIpc) is 3.23. The van der Waals surface area contributed by atoms with Gasteiger partial charge >= 0.3 is 11.9 Å². The van der Waals surface area contributed by atoms with Gasteiger partial charge in [0.25, 0.3) is 0 Å². The molecule has 0 amide bonds. The van der Waals surface area contributed by atoms with Crippen molar-refractivity contribution in [2.24, 2.45) is 0 Å². The van der Waals surface area contributed by atoms with Crippen LogP contribution >= 0.6 is 0 Å². The van der Waals surface area contributed by atoms with Crippen LogP contribution in [0.4, 0.5) is 0 Å². The molecule has 0 spiro atoms. The molecule has 0 bridgehead atoms. The third-order valence-electron chi connectivity index (χ3n) is 10.2. The molecular formula is C54H89NO7. The second-order valence-electron chi connectivity index (χ2n) is 16.9. The van der Waals surface area contributed by atoms with E-state index in [2.05, 4.69) is 111 Å². The van der Waals surface area contributed by atoms with Gasteiger partial charge in [-0.05, 0) is 89.9 Å². The van der Waals surface area contributed by atoms with Crippen molar-refractivity contribution in [2.75, 3.05) is 41.0 Å². The van der Waals surface area contributed by atoms with Gasteiger partial charge in [-0.2, -0.15) is 0 Å². The van der Waals surface area contributed by atoms with Gasteiger partial charge in [0.1, 0.15) is 12.6 Å². The Balaban J connectivity index is 4.37. The second kappa shape index (κ2) is 43.9. The van der Waals surface area contributed by atoms with E-state index in [4.69, 9.17) is 14.2 Å². The summed E-state index contributed by atoms with van der Waals surface area (Å²) in [6.45, 7) is 4.39. The van der Waals surface area contributed by atoms with Crippen molar-refractivity contribution in [3.8, 4) is 0 Å². The van der Waals surface area contributed by atoms with E-state index in [1.165, 1.54) is 38.5 Å². The van der Waals surface area contributed by atoms with Crippen LogP contribution in [0.25, 0.3) is 0 Å². The average molecular weight is 864 g/mol. The summed E-state index contributed by atoms with van der Waals surface area (Å²) in [5.41, 5.74) is 0. The number of quaternary nitrogens is 1. The zero-order valence-electron chi connectivity index (χ0n) is 40.0. The summed E-state index contributed by atoms with van der Waals surface area (Å²) in [5.74, 6) is -1.79. The molecule has 0 N–H and O–H groups in total. The summed E-state index contributed by atoms with van der Waals surface area (Å²) in [4.78, 5) is 37.0. The molecule has 0 rings (SSSR count). The molecular weight excluding hydrogens is 775 g/mol. The molecule has 0 heterocycles. The maximum atomic E-state index is 12.8. The highest BCUT2D eigenvalue weighted by molar-refractivity contribution is 5.70. The number of rotatable bonds is 42. The summed E-state index contributed by atoms with van der Waals surface area (Å²) < 4.78 is 17.2. The number of allylic oxidation sites excluding steroid dienone is 16. The Labute approximate surface area is 379 Å². The number of aliphatic carboxylic acids is 1. The Morgan fingerprint density at radius 3 is 1.27 bits per heavy atom. The van der Waals surface area contributed by atoms with Gasteiger partial charge in [0.2, 0.25) is 0 Å². The highest BCUT2D eigenvalue weighted by atomic mass is 16.6. The Morgan fingerprint density at radius 2 is 0.855 bits per heavy atom. The summed E-state index contributed by atoms with van der Waals surface area (Å²) in [6, 6.07) is -0.738. The number of nitrogens with zero attached hydrogens (tertiary/aromatic N) is 1. The first kappa shape index (κ1) is 58.2. The molecule has 0 aromatic heterocycles. The smallest absolute Gasteiger partial charge is 0.306 e. The number of likely N-dealkylation sites (N-methyl/N-ethyl adjacent to an activating group) is 1. The van der Waals surface area contributed by atoms with Crippen molar-refractivity contribution < 1.29 is 38.2 Å². The molecule has 0 aromatic rings. The van der Waals surface area contributed by atoms with Crippen LogP contribution in [0.5, 0.6) is 0 Å². The van der Waals surface area contributed by atoms with Crippen LogP contribution in [0.3, 0.4) is 0 Å². The number of ether oxygens (including phenoxy) is 3. The Kier molecular flexibility index (Phi) is 41.2. The molecule has 0 aliphatic heterocycles. The van der Waals surface area contributed by atoms with Gasteiger partial charge in [-0.1, -0.05) is 162 Å². The minimum atomic E-state index is -1.13. The molecule has 62 heavy (non-hydrogen) atoms. The van der Waals surface area contributed by atoms with Gasteiger partial charge in [0.05, 0.1) is 40.3 Å². The van der Waals surface area contributed by atoms with Gasteiger partial charge in [0, 0.05) is 19.3 Å². The van der Waals surface area contributed by atoms with E-state index in [-0.39, 0.29) is 42.7 Å². The number of unbranched alkanes of at least 4 members (excludes halogenated alkanes) is 12. The second-order valence-corrected chi connectivity index (χ2v) is 16.9. The fourth-order valence-electron chi connectivity index (χ4n) is 6.52. The maximum absolute atomic E-state index is 12.8. The molecule has 0 aliphatic rings. The van der Waals surface area contributed by atoms with Crippen LogP contribution in [0.15, 0.2) is 97.2 Å². The van der Waals surface area contributed by atoms with Crippen LogP contribution in [-0.2, 0) is 28.6 Å². The fraction of sp³-hybridized carbons (Fsp3) is 0.648. The summed E-state index contributed by atoms with van der Waals surface area (Å²) in [6.07, 6.45) is 58.6. The van der Waals surface area contributed by atoms with Crippen LogP contribution < -0.4 is 5.11 Å². The standard InChI is InChI=1S/C54H89NO7/c1-6-8-10-12-14-16-18-20-22-24-26-28-30-32-34-36-38-40-42-44-52(56)61-49-50(48-60-47-46-51(54(58)59)55(3,4)5)62-53(57)45-43-41-39-37-35-33-31-29-27-25-23-21-19-17-15-13-11-9-7-2/h8-11,14-17,20-23,26,28,32,34,50-51H,6-7,12-13,18-19,24-25,27,29-31,33,35-49H2,1-5H3/b10-8+,11-9+,16-14+,17-15+,22-20+,23-21+,28-26+,34-32+. The zero-order chi connectivity index (χ0) is 45.6. The van der Waals surface area contributed by atoms with Gasteiger partial charge < -0.3 is 28.6 Å². The highest BCUT2D eigenvalue weighted by Crippen LogP contribution is 2.14. The van der Waals surface area contributed by atoms with E-state index < -0.39 is 18.1 Å². The molecule has 2 atom stereocenters. The normalized spacial score (nSPS) is 13.8. The van der Waals surface area contributed by atoms with E-state index in [1.807, 2.05) is 0 Å². The highest BCUT2D eigenvalue weighted by Gasteiger charge is 2.25.